The van der Waals surface area contributed by atoms with Gasteiger partial charge in [0.1, 0.15) is 17.1 Å². The van der Waals surface area contributed by atoms with Gasteiger partial charge in [-0.05, 0) is 37.3 Å². The molecule has 5 nitrogen and oxygen atoms in total. The highest BCUT2D eigenvalue weighted by molar-refractivity contribution is 8.00. The second-order valence-electron chi connectivity index (χ2n) is 4.98. The molecule has 1 aromatic heterocycles. The number of hydrogen-bond donors (Lipinski definition) is 1. The van der Waals surface area contributed by atoms with Gasteiger partial charge in [0.05, 0.1) is 12.3 Å². The number of carbonyl (C=O) groups excluding carboxylic acids is 1. The first-order valence-corrected chi connectivity index (χ1v) is 8.18. The zero-order chi connectivity index (χ0) is 17.0. The maximum absolute atomic E-state index is 12.1. The maximum atomic E-state index is 12.1. The monoisotopic (exact) mass is 353 g/mol. The van der Waals surface area contributed by atoms with Crippen LogP contribution in [-0.2, 0) is 11.3 Å². The fourth-order valence-corrected chi connectivity index (χ4v) is 2.91. The van der Waals surface area contributed by atoms with Crippen LogP contribution in [0.1, 0.15) is 21.9 Å². The minimum Gasteiger partial charge on any atom is -0.478 e. The molecule has 1 aromatic carbocycles. The number of carboxylic acids is 1. The smallest absolute Gasteiger partial charge is 0.339 e. The summed E-state index contributed by atoms with van der Waals surface area (Å²) in [6.07, 6.45) is 0. The lowest BCUT2D eigenvalue weighted by molar-refractivity contribution is -0.127. The second kappa shape index (κ2) is 7.57. The third kappa shape index (κ3) is 4.77. The van der Waals surface area contributed by atoms with E-state index in [1.807, 2.05) is 12.1 Å². The minimum absolute atomic E-state index is 0.0733. The van der Waals surface area contributed by atoms with Crippen LogP contribution >= 0.6 is 23.4 Å². The number of carbonyl (C=O) groups is 2. The number of amides is 1. The summed E-state index contributed by atoms with van der Waals surface area (Å²) >= 11 is 7.23. The summed E-state index contributed by atoms with van der Waals surface area (Å²) in [6, 6.07) is 8.71. The Morgan fingerprint density at radius 3 is 2.52 bits per heavy atom. The Balaban J connectivity index is 1.91. The van der Waals surface area contributed by atoms with Gasteiger partial charge >= 0.3 is 5.97 Å². The third-order valence-electron chi connectivity index (χ3n) is 3.19. The van der Waals surface area contributed by atoms with Crippen molar-refractivity contribution < 1.29 is 19.1 Å². The maximum Gasteiger partial charge on any atom is 0.339 e. The van der Waals surface area contributed by atoms with E-state index in [1.54, 1.807) is 26.1 Å². The number of aromatic carboxylic acids is 1. The third-order valence-corrected chi connectivity index (χ3v) is 4.44. The van der Waals surface area contributed by atoms with Crippen LogP contribution in [0.2, 0.25) is 5.02 Å². The van der Waals surface area contributed by atoms with Gasteiger partial charge in [0.2, 0.25) is 5.91 Å². The normalized spacial score (nSPS) is 10.6. The molecule has 0 fully saturated rings. The molecule has 0 bridgehead atoms. The quantitative estimate of drug-likeness (QED) is 0.802. The van der Waals surface area contributed by atoms with Crippen molar-refractivity contribution in [1.82, 2.24) is 4.90 Å². The summed E-state index contributed by atoms with van der Waals surface area (Å²) in [4.78, 5) is 25.6. The molecular weight excluding hydrogens is 338 g/mol. The van der Waals surface area contributed by atoms with Gasteiger partial charge in [0, 0.05) is 17.0 Å². The van der Waals surface area contributed by atoms with E-state index in [9.17, 15) is 9.59 Å². The van der Waals surface area contributed by atoms with Crippen LogP contribution in [0, 0.1) is 6.92 Å². The van der Waals surface area contributed by atoms with Gasteiger partial charge in [-0.2, -0.15) is 0 Å². The number of aryl methyl sites for hydroxylation is 1. The van der Waals surface area contributed by atoms with Crippen LogP contribution in [0.5, 0.6) is 0 Å². The molecule has 0 spiro atoms. The van der Waals surface area contributed by atoms with E-state index < -0.39 is 5.97 Å². The van der Waals surface area contributed by atoms with Crippen LogP contribution in [0.25, 0.3) is 0 Å². The fraction of sp³-hybridized carbons (Fsp3) is 0.250. The first kappa shape index (κ1) is 17.4. The van der Waals surface area contributed by atoms with Crippen molar-refractivity contribution in [3.8, 4) is 0 Å². The van der Waals surface area contributed by atoms with Crippen molar-refractivity contribution in [1.29, 1.82) is 0 Å². The van der Waals surface area contributed by atoms with Gasteiger partial charge in [-0.25, -0.2) is 4.79 Å². The average Bonchev–Trinajstić information content (AvgIpc) is 2.87. The first-order valence-electron chi connectivity index (χ1n) is 6.81. The summed E-state index contributed by atoms with van der Waals surface area (Å²) < 4.78 is 5.38. The van der Waals surface area contributed by atoms with E-state index in [-0.39, 0.29) is 23.8 Å². The van der Waals surface area contributed by atoms with Crippen LogP contribution in [0.3, 0.4) is 0 Å². The molecule has 1 N–H and O–H groups in total. The predicted octanol–water partition coefficient (Wildman–Crippen LogP) is 3.69. The minimum atomic E-state index is -1.04. The molecule has 0 unspecified atom stereocenters. The first-order chi connectivity index (χ1) is 10.9. The Morgan fingerprint density at radius 1 is 1.30 bits per heavy atom. The zero-order valence-corrected chi connectivity index (χ0v) is 14.3. The van der Waals surface area contributed by atoms with Gasteiger partial charge in [0.15, 0.2) is 0 Å². The molecule has 2 aromatic rings. The lowest BCUT2D eigenvalue weighted by atomic mass is 10.2. The lowest BCUT2D eigenvalue weighted by Gasteiger charge is -2.15. The van der Waals surface area contributed by atoms with Gasteiger partial charge in [-0.3, -0.25) is 4.79 Å². The van der Waals surface area contributed by atoms with E-state index in [2.05, 4.69) is 0 Å². The lowest BCUT2D eigenvalue weighted by Crippen LogP contribution is -2.27. The molecule has 7 heteroatoms. The topological polar surface area (TPSA) is 70.8 Å². The summed E-state index contributed by atoms with van der Waals surface area (Å²) in [6.45, 7) is 1.82. The summed E-state index contributed by atoms with van der Waals surface area (Å²) in [5.74, 6) is -0.0411. The Labute approximate surface area is 143 Å². The van der Waals surface area contributed by atoms with Gasteiger partial charge in [-0.15, -0.1) is 11.8 Å². The molecular formula is C16H16ClNO4S. The fourth-order valence-electron chi connectivity index (χ4n) is 1.94. The van der Waals surface area contributed by atoms with Crippen molar-refractivity contribution in [3.63, 3.8) is 0 Å². The molecule has 0 saturated heterocycles. The molecule has 23 heavy (non-hydrogen) atoms. The molecule has 122 valence electrons. The molecule has 0 aliphatic heterocycles. The number of thioether (sulfide) groups is 1. The van der Waals surface area contributed by atoms with Crippen LogP contribution in [-0.4, -0.2) is 34.7 Å². The van der Waals surface area contributed by atoms with E-state index in [0.717, 1.165) is 4.90 Å². The number of benzene rings is 1. The summed E-state index contributed by atoms with van der Waals surface area (Å²) in [5.41, 5.74) is 0.122. The van der Waals surface area contributed by atoms with Crippen molar-refractivity contribution >= 4 is 35.2 Å². The zero-order valence-electron chi connectivity index (χ0n) is 12.7. The van der Waals surface area contributed by atoms with E-state index in [0.29, 0.717) is 16.5 Å². The SMILES string of the molecule is Cc1oc(CN(C)C(=O)CSc2ccc(Cl)cc2)cc1C(=O)O. The van der Waals surface area contributed by atoms with Crippen LogP contribution < -0.4 is 0 Å². The number of carboxylic acid groups (broad SMARTS) is 1. The Morgan fingerprint density at radius 2 is 1.96 bits per heavy atom. The van der Waals surface area contributed by atoms with Crippen molar-refractivity contribution in [2.45, 2.75) is 18.4 Å². The van der Waals surface area contributed by atoms with Crippen LogP contribution in [0.15, 0.2) is 39.6 Å². The van der Waals surface area contributed by atoms with Crippen molar-refractivity contribution in [2.24, 2.45) is 0 Å². The average molecular weight is 354 g/mol. The molecule has 1 amide bonds. The molecule has 0 aliphatic carbocycles. The molecule has 0 aliphatic rings. The number of nitrogens with zero attached hydrogens (tertiary/aromatic N) is 1. The number of hydrogen-bond acceptors (Lipinski definition) is 4. The summed E-state index contributed by atoms with van der Waals surface area (Å²) in [5, 5.41) is 9.65. The van der Waals surface area contributed by atoms with Crippen molar-refractivity contribution in [2.75, 3.05) is 12.8 Å². The highest BCUT2D eigenvalue weighted by atomic mass is 35.5. The van der Waals surface area contributed by atoms with E-state index >= 15 is 0 Å². The summed E-state index contributed by atoms with van der Waals surface area (Å²) in [7, 11) is 1.66. The molecule has 1 heterocycles. The predicted molar refractivity (Wildman–Crippen MR) is 89.1 cm³/mol. The second-order valence-corrected chi connectivity index (χ2v) is 6.47. The Bertz CT molecular complexity index is 711. The van der Waals surface area contributed by atoms with Crippen molar-refractivity contribution in [3.05, 3.63) is 52.4 Å². The highest BCUT2D eigenvalue weighted by Gasteiger charge is 2.17. The van der Waals surface area contributed by atoms with Gasteiger partial charge in [-0.1, -0.05) is 11.6 Å². The molecule has 2 rings (SSSR count). The number of halogens is 1. The Kier molecular flexibility index (Phi) is 5.74. The van der Waals surface area contributed by atoms with E-state index in [4.69, 9.17) is 21.1 Å². The highest BCUT2D eigenvalue weighted by Crippen LogP contribution is 2.21. The molecule has 0 saturated carbocycles. The largest absolute Gasteiger partial charge is 0.478 e. The van der Waals surface area contributed by atoms with Gasteiger partial charge < -0.3 is 14.4 Å². The Hall–Kier alpha value is -1.92. The standard InChI is InChI=1S/C16H16ClNO4S/c1-10-14(16(20)21)7-12(22-10)8-18(2)15(19)9-23-13-5-3-11(17)4-6-13/h3-7H,8-9H2,1-2H3,(H,20,21). The number of rotatable bonds is 6. The molecule has 0 radical (unpaired) electrons. The van der Waals surface area contributed by atoms with Crippen LogP contribution in [0.4, 0.5) is 0 Å². The molecule has 0 atom stereocenters. The van der Waals surface area contributed by atoms with E-state index in [1.165, 1.54) is 22.7 Å². The van der Waals surface area contributed by atoms with Gasteiger partial charge in [0.25, 0.3) is 0 Å². The number of furan rings is 1.